The first-order valence-electron chi connectivity index (χ1n) is 9.46. The van der Waals surface area contributed by atoms with Gasteiger partial charge in [0, 0.05) is 39.3 Å². The Morgan fingerprint density at radius 3 is 2.93 bits per heavy atom. The van der Waals surface area contributed by atoms with E-state index in [1.165, 1.54) is 0 Å². The molecular weight excluding hydrogens is 390 g/mol. The molecule has 3 aromatic heterocycles. The van der Waals surface area contributed by atoms with Gasteiger partial charge in [-0.1, -0.05) is 6.07 Å². The molecule has 0 spiro atoms. The van der Waals surface area contributed by atoms with Crippen LogP contribution in [0.1, 0.15) is 10.5 Å². The normalized spacial score (nSPS) is 14.0. The Bertz CT molecular complexity index is 951. The van der Waals surface area contributed by atoms with E-state index in [2.05, 4.69) is 30.8 Å². The molecule has 29 heavy (non-hydrogen) atoms. The number of thiophene rings is 1. The summed E-state index contributed by atoms with van der Waals surface area (Å²) in [6.45, 7) is 4.14. The number of carbonyl (C=O) groups excluding carboxylic acids is 1. The van der Waals surface area contributed by atoms with Crippen molar-refractivity contribution in [2.45, 2.75) is 0 Å². The molecular formula is C19H23N7O2S. The fraction of sp³-hybridized carbons (Fsp3) is 0.368. The molecule has 0 radical (unpaired) electrons. The highest BCUT2D eigenvalue weighted by atomic mass is 32.1. The number of nitrogens with one attached hydrogen (secondary N) is 2. The number of anilines is 2. The van der Waals surface area contributed by atoms with E-state index in [9.17, 15) is 4.79 Å². The number of aromatic nitrogens is 4. The highest BCUT2D eigenvalue weighted by molar-refractivity contribution is 7.13. The third kappa shape index (κ3) is 4.72. The van der Waals surface area contributed by atoms with Gasteiger partial charge in [-0.2, -0.15) is 10.2 Å². The van der Waals surface area contributed by atoms with Crippen molar-refractivity contribution in [3.63, 3.8) is 0 Å². The molecule has 0 aromatic carbocycles. The largest absolute Gasteiger partial charge is 0.378 e. The molecule has 0 atom stereocenters. The Labute approximate surface area is 172 Å². The van der Waals surface area contributed by atoms with Crippen LogP contribution >= 0.6 is 11.3 Å². The Kier molecular flexibility index (Phi) is 6.01. The predicted octanol–water partition coefficient (Wildman–Crippen LogP) is 1.62. The molecule has 1 amide bonds. The SMILES string of the molecule is Cn1nc(-c2cccs2)cc1C(=O)NCCNc1cc(N2CCOCC2)cnn1. The van der Waals surface area contributed by atoms with Crippen LogP contribution < -0.4 is 15.5 Å². The summed E-state index contributed by atoms with van der Waals surface area (Å²) in [6, 6.07) is 7.74. The van der Waals surface area contributed by atoms with E-state index in [4.69, 9.17) is 4.74 Å². The zero-order chi connectivity index (χ0) is 20.1. The number of hydrogen-bond acceptors (Lipinski definition) is 8. The lowest BCUT2D eigenvalue weighted by molar-refractivity contribution is 0.0945. The molecule has 0 saturated carbocycles. The minimum Gasteiger partial charge on any atom is -0.378 e. The minimum atomic E-state index is -0.155. The molecule has 1 aliphatic rings. The summed E-state index contributed by atoms with van der Waals surface area (Å²) < 4.78 is 6.99. The van der Waals surface area contributed by atoms with E-state index in [1.54, 1.807) is 29.3 Å². The summed E-state index contributed by atoms with van der Waals surface area (Å²) in [6.07, 6.45) is 1.76. The number of ether oxygens (including phenoxy) is 1. The number of carbonyl (C=O) groups is 1. The Morgan fingerprint density at radius 2 is 2.14 bits per heavy atom. The van der Waals surface area contributed by atoms with Crippen molar-refractivity contribution in [1.29, 1.82) is 0 Å². The van der Waals surface area contributed by atoms with Crippen LogP contribution in [0.3, 0.4) is 0 Å². The predicted molar refractivity (Wildman–Crippen MR) is 112 cm³/mol. The molecule has 2 N–H and O–H groups in total. The van der Waals surface area contributed by atoms with Crippen molar-refractivity contribution in [2.75, 3.05) is 49.6 Å². The molecule has 0 bridgehead atoms. The van der Waals surface area contributed by atoms with Gasteiger partial charge in [0.05, 0.1) is 30.0 Å². The van der Waals surface area contributed by atoms with Gasteiger partial charge in [0.2, 0.25) is 0 Å². The lowest BCUT2D eigenvalue weighted by Gasteiger charge is -2.28. The molecule has 0 unspecified atom stereocenters. The quantitative estimate of drug-likeness (QED) is 0.568. The van der Waals surface area contributed by atoms with E-state index >= 15 is 0 Å². The number of morpholine rings is 1. The van der Waals surface area contributed by atoms with Crippen LogP contribution in [-0.4, -0.2) is 65.3 Å². The van der Waals surface area contributed by atoms with Gasteiger partial charge in [-0.15, -0.1) is 16.4 Å². The summed E-state index contributed by atoms with van der Waals surface area (Å²) in [4.78, 5) is 15.7. The second-order valence-corrected chi connectivity index (χ2v) is 7.54. The van der Waals surface area contributed by atoms with Crippen molar-refractivity contribution in [3.05, 3.63) is 41.5 Å². The Morgan fingerprint density at radius 1 is 1.28 bits per heavy atom. The fourth-order valence-corrected chi connectivity index (χ4v) is 3.80. The first-order chi connectivity index (χ1) is 14.2. The van der Waals surface area contributed by atoms with Gasteiger partial charge in [-0.25, -0.2) is 0 Å². The van der Waals surface area contributed by atoms with Crippen LogP contribution in [0, 0.1) is 0 Å². The van der Waals surface area contributed by atoms with Crippen LogP contribution in [0.2, 0.25) is 0 Å². The van der Waals surface area contributed by atoms with Crippen molar-refractivity contribution in [2.24, 2.45) is 7.05 Å². The number of rotatable bonds is 7. The van der Waals surface area contributed by atoms with Gasteiger partial charge in [0.1, 0.15) is 11.4 Å². The highest BCUT2D eigenvalue weighted by Gasteiger charge is 2.15. The minimum absolute atomic E-state index is 0.155. The van der Waals surface area contributed by atoms with Gasteiger partial charge in [-0.05, 0) is 17.5 Å². The number of nitrogens with zero attached hydrogens (tertiary/aromatic N) is 5. The highest BCUT2D eigenvalue weighted by Crippen LogP contribution is 2.23. The van der Waals surface area contributed by atoms with E-state index in [0.717, 1.165) is 42.6 Å². The molecule has 4 heterocycles. The molecule has 152 valence electrons. The summed E-state index contributed by atoms with van der Waals surface area (Å²) in [5, 5.41) is 20.7. The first kappa shape index (κ1) is 19.3. The monoisotopic (exact) mass is 413 g/mol. The Hall–Kier alpha value is -2.98. The van der Waals surface area contributed by atoms with Crippen LogP contribution in [0.25, 0.3) is 10.6 Å². The molecule has 0 aliphatic carbocycles. The summed E-state index contributed by atoms with van der Waals surface area (Å²) in [7, 11) is 1.77. The van der Waals surface area contributed by atoms with Gasteiger partial charge < -0.3 is 20.3 Å². The van der Waals surface area contributed by atoms with Gasteiger partial charge in [-0.3, -0.25) is 9.48 Å². The number of hydrogen-bond donors (Lipinski definition) is 2. The van der Waals surface area contributed by atoms with E-state index in [0.29, 0.717) is 24.6 Å². The number of aryl methyl sites for hydroxylation is 1. The molecule has 1 aliphatic heterocycles. The van der Waals surface area contributed by atoms with Gasteiger partial charge in [0.15, 0.2) is 5.82 Å². The summed E-state index contributed by atoms with van der Waals surface area (Å²) >= 11 is 1.60. The lowest BCUT2D eigenvalue weighted by atomic mass is 10.3. The van der Waals surface area contributed by atoms with Gasteiger partial charge in [0.25, 0.3) is 5.91 Å². The van der Waals surface area contributed by atoms with Crippen molar-refractivity contribution < 1.29 is 9.53 Å². The van der Waals surface area contributed by atoms with Crippen LogP contribution in [0.15, 0.2) is 35.8 Å². The zero-order valence-corrected chi connectivity index (χ0v) is 17.0. The molecule has 1 fully saturated rings. The maximum atomic E-state index is 12.5. The third-order valence-electron chi connectivity index (χ3n) is 4.62. The van der Waals surface area contributed by atoms with E-state index in [1.807, 2.05) is 29.6 Å². The zero-order valence-electron chi connectivity index (χ0n) is 16.2. The molecule has 3 aromatic rings. The average molecular weight is 414 g/mol. The second-order valence-electron chi connectivity index (χ2n) is 6.60. The van der Waals surface area contributed by atoms with Crippen molar-refractivity contribution in [1.82, 2.24) is 25.3 Å². The standard InChI is InChI=1S/C19H23N7O2S/c1-25-16(12-15(24-25)17-3-2-10-29-17)19(27)21-5-4-20-18-11-14(13-22-23-18)26-6-8-28-9-7-26/h2-3,10-13H,4-9H2,1H3,(H,20,23)(H,21,27). The second kappa shape index (κ2) is 9.01. The van der Waals surface area contributed by atoms with Crippen LogP contribution in [0.4, 0.5) is 11.5 Å². The summed E-state index contributed by atoms with van der Waals surface area (Å²) in [5.74, 6) is 0.529. The summed E-state index contributed by atoms with van der Waals surface area (Å²) in [5.41, 5.74) is 2.36. The molecule has 10 heteroatoms. The maximum Gasteiger partial charge on any atom is 0.269 e. The number of amides is 1. The smallest absolute Gasteiger partial charge is 0.269 e. The topological polar surface area (TPSA) is 97.2 Å². The van der Waals surface area contributed by atoms with Gasteiger partial charge >= 0.3 is 0 Å². The third-order valence-corrected chi connectivity index (χ3v) is 5.51. The fourth-order valence-electron chi connectivity index (χ4n) is 3.12. The maximum absolute atomic E-state index is 12.5. The average Bonchev–Trinajstić information content (AvgIpc) is 3.42. The van der Waals surface area contributed by atoms with E-state index < -0.39 is 0 Å². The van der Waals surface area contributed by atoms with Crippen molar-refractivity contribution >= 4 is 28.7 Å². The van der Waals surface area contributed by atoms with E-state index in [-0.39, 0.29) is 5.91 Å². The van der Waals surface area contributed by atoms with Crippen LogP contribution in [-0.2, 0) is 11.8 Å². The molecule has 4 rings (SSSR count). The lowest BCUT2D eigenvalue weighted by Crippen LogP contribution is -2.36. The Balaban J connectivity index is 1.28. The molecule has 9 nitrogen and oxygen atoms in total. The van der Waals surface area contributed by atoms with Crippen LogP contribution in [0.5, 0.6) is 0 Å². The van der Waals surface area contributed by atoms with Crippen molar-refractivity contribution in [3.8, 4) is 10.6 Å². The molecule has 1 saturated heterocycles. The first-order valence-corrected chi connectivity index (χ1v) is 10.3.